The van der Waals surface area contributed by atoms with Crippen LogP contribution in [0.1, 0.15) is 49.5 Å². The van der Waals surface area contributed by atoms with Gasteiger partial charge in [0.15, 0.2) is 0 Å². The van der Waals surface area contributed by atoms with E-state index in [9.17, 15) is 5.11 Å². The van der Waals surface area contributed by atoms with Gasteiger partial charge in [0.1, 0.15) is 0 Å². The Morgan fingerprint density at radius 1 is 1.20 bits per heavy atom. The molecule has 84 valence electrons. The van der Waals surface area contributed by atoms with Gasteiger partial charge in [-0.15, -0.1) is 0 Å². The third-order valence-corrected chi connectivity index (χ3v) is 3.12. The van der Waals surface area contributed by atoms with Crippen LogP contribution in [0.3, 0.4) is 0 Å². The van der Waals surface area contributed by atoms with E-state index in [1.807, 2.05) is 6.07 Å². The summed E-state index contributed by atoms with van der Waals surface area (Å²) in [5, 5.41) is 10.3. The maximum absolute atomic E-state index is 10.3. The molecule has 1 nitrogen and oxygen atoms in total. The topological polar surface area (TPSA) is 20.2 Å². The third-order valence-electron chi connectivity index (χ3n) is 3.12. The first-order valence-corrected chi connectivity index (χ1v) is 5.82. The highest BCUT2D eigenvalue weighted by molar-refractivity contribution is 5.35. The lowest BCUT2D eigenvalue weighted by molar-refractivity contribution is 0.111. The average molecular weight is 206 g/mol. The first-order valence-electron chi connectivity index (χ1n) is 5.82. The van der Waals surface area contributed by atoms with E-state index in [1.54, 1.807) is 0 Å². The Kier molecular flexibility index (Phi) is 4.34. The number of hydrogen-bond acceptors (Lipinski definition) is 1. The first-order chi connectivity index (χ1) is 7.07. The van der Waals surface area contributed by atoms with Crippen molar-refractivity contribution >= 4 is 0 Å². The van der Waals surface area contributed by atoms with E-state index < -0.39 is 0 Å². The minimum atomic E-state index is -0.314. The maximum Gasteiger partial charge on any atom is 0.0820 e. The fourth-order valence-corrected chi connectivity index (χ4v) is 2.19. The Bertz CT molecular complexity index is 297. The van der Waals surface area contributed by atoms with Gasteiger partial charge < -0.3 is 5.11 Å². The molecular formula is C14H22O. The molecule has 0 bridgehead atoms. The van der Waals surface area contributed by atoms with E-state index in [0.717, 1.165) is 18.4 Å². The highest BCUT2D eigenvalue weighted by Gasteiger charge is 2.18. The second-order valence-electron chi connectivity index (χ2n) is 4.52. The van der Waals surface area contributed by atoms with Crippen LogP contribution in [-0.4, -0.2) is 5.11 Å². The summed E-state index contributed by atoms with van der Waals surface area (Å²) in [7, 11) is 0. The number of hydrogen-bond donors (Lipinski definition) is 1. The molecule has 0 aliphatic rings. The summed E-state index contributed by atoms with van der Waals surface area (Å²) in [4.78, 5) is 0. The molecule has 1 rings (SSSR count). The molecule has 0 spiro atoms. The Morgan fingerprint density at radius 3 is 2.20 bits per heavy atom. The van der Waals surface area contributed by atoms with E-state index in [2.05, 4.69) is 39.8 Å². The molecule has 0 aliphatic heterocycles. The third kappa shape index (κ3) is 2.82. The van der Waals surface area contributed by atoms with Crippen molar-refractivity contribution < 1.29 is 5.11 Å². The van der Waals surface area contributed by atoms with E-state index in [4.69, 9.17) is 0 Å². The Hall–Kier alpha value is -0.820. The highest BCUT2D eigenvalue weighted by Crippen LogP contribution is 2.29. The Balaban J connectivity index is 2.94. The molecule has 0 amide bonds. The molecule has 0 aromatic heterocycles. The van der Waals surface area contributed by atoms with Crippen molar-refractivity contribution in [2.75, 3.05) is 0 Å². The average Bonchev–Trinajstić information content (AvgIpc) is 2.17. The smallest absolute Gasteiger partial charge is 0.0820 e. The van der Waals surface area contributed by atoms with E-state index in [0.29, 0.717) is 5.92 Å². The SMILES string of the molecule is CCCC(C)C(O)c1c(C)cccc1C. The highest BCUT2D eigenvalue weighted by atomic mass is 16.3. The zero-order valence-electron chi connectivity index (χ0n) is 10.2. The zero-order chi connectivity index (χ0) is 11.4. The predicted octanol–water partition coefficient (Wildman–Crippen LogP) is 3.77. The summed E-state index contributed by atoms with van der Waals surface area (Å²) in [5.41, 5.74) is 3.52. The molecular weight excluding hydrogens is 184 g/mol. The molecule has 1 aromatic rings. The molecule has 0 saturated carbocycles. The van der Waals surface area contributed by atoms with Gasteiger partial charge in [-0.25, -0.2) is 0 Å². The van der Waals surface area contributed by atoms with Gasteiger partial charge in [-0.1, -0.05) is 38.5 Å². The van der Waals surface area contributed by atoms with Crippen LogP contribution >= 0.6 is 0 Å². The van der Waals surface area contributed by atoms with Crippen LogP contribution in [0, 0.1) is 19.8 Å². The van der Waals surface area contributed by atoms with E-state index in [-0.39, 0.29) is 6.10 Å². The summed E-state index contributed by atoms with van der Waals surface area (Å²) in [6.07, 6.45) is 1.89. The van der Waals surface area contributed by atoms with Crippen LogP contribution in [0.2, 0.25) is 0 Å². The number of aliphatic hydroxyl groups is 1. The molecule has 2 atom stereocenters. The zero-order valence-corrected chi connectivity index (χ0v) is 10.2. The fourth-order valence-electron chi connectivity index (χ4n) is 2.19. The molecule has 0 fully saturated rings. The van der Waals surface area contributed by atoms with Gasteiger partial charge in [-0.2, -0.15) is 0 Å². The van der Waals surface area contributed by atoms with Crippen molar-refractivity contribution in [1.82, 2.24) is 0 Å². The van der Waals surface area contributed by atoms with Crippen molar-refractivity contribution in [3.05, 3.63) is 34.9 Å². The predicted molar refractivity (Wildman–Crippen MR) is 64.9 cm³/mol. The molecule has 0 radical (unpaired) electrons. The van der Waals surface area contributed by atoms with Crippen molar-refractivity contribution in [1.29, 1.82) is 0 Å². The van der Waals surface area contributed by atoms with E-state index >= 15 is 0 Å². The summed E-state index contributed by atoms with van der Waals surface area (Å²) in [6.45, 7) is 8.43. The number of rotatable bonds is 4. The normalized spacial score (nSPS) is 15.0. The van der Waals surface area contributed by atoms with E-state index in [1.165, 1.54) is 11.1 Å². The standard InChI is InChI=1S/C14H22O/c1-5-7-12(4)14(15)13-10(2)8-6-9-11(13)3/h6,8-9,12,14-15H,5,7H2,1-4H3. The number of benzene rings is 1. The van der Waals surface area contributed by atoms with Gasteiger partial charge in [0.25, 0.3) is 0 Å². The largest absolute Gasteiger partial charge is 0.388 e. The molecule has 0 heterocycles. The van der Waals surface area contributed by atoms with Gasteiger partial charge in [0.2, 0.25) is 0 Å². The molecule has 2 unspecified atom stereocenters. The molecule has 15 heavy (non-hydrogen) atoms. The number of aliphatic hydroxyl groups excluding tert-OH is 1. The van der Waals surface area contributed by atoms with Crippen LogP contribution in [0.5, 0.6) is 0 Å². The summed E-state index contributed by atoms with van der Waals surface area (Å²) in [5.74, 6) is 0.342. The molecule has 1 N–H and O–H groups in total. The second-order valence-corrected chi connectivity index (χ2v) is 4.52. The summed E-state index contributed by atoms with van der Waals surface area (Å²) >= 11 is 0. The fraction of sp³-hybridized carbons (Fsp3) is 0.571. The summed E-state index contributed by atoms with van der Waals surface area (Å²) < 4.78 is 0. The van der Waals surface area contributed by atoms with Crippen LogP contribution in [0.4, 0.5) is 0 Å². The van der Waals surface area contributed by atoms with Gasteiger partial charge in [0, 0.05) is 0 Å². The molecule has 1 heteroatoms. The second kappa shape index (κ2) is 5.32. The van der Waals surface area contributed by atoms with Crippen molar-refractivity contribution in [3.63, 3.8) is 0 Å². The van der Waals surface area contributed by atoms with Gasteiger partial charge in [-0.05, 0) is 42.9 Å². The molecule has 1 aromatic carbocycles. The van der Waals surface area contributed by atoms with Crippen LogP contribution in [-0.2, 0) is 0 Å². The summed E-state index contributed by atoms with van der Waals surface area (Å²) in [6, 6.07) is 6.19. The molecule has 0 aliphatic carbocycles. The van der Waals surface area contributed by atoms with Gasteiger partial charge in [-0.3, -0.25) is 0 Å². The maximum atomic E-state index is 10.3. The Labute approximate surface area is 93.1 Å². The van der Waals surface area contributed by atoms with Crippen LogP contribution in [0.15, 0.2) is 18.2 Å². The lowest BCUT2D eigenvalue weighted by atomic mass is 9.88. The van der Waals surface area contributed by atoms with Crippen LogP contribution < -0.4 is 0 Å². The number of aryl methyl sites for hydroxylation is 2. The monoisotopic (exact) mass is 206 g/mol. The van der Waals surface area contributed by atoms with Gasteiger partial charge >= 0.3 is 0 Å². The van der Waals surface area contributed by atoms with Crippen molar-refractivity contribution in [2.45, 2.75) is 46.6 Å². The minimum absolute atomic E-state index is 0.314. The Morgan fingerprint density at radius 2 is 1.73 bits per heavy atom. The lowest BCUT2D eigenvalue weighted by Gasteiger charge is -2.22. The van der Waals surface area contributed by atoms with Crippen molar-refractivity contribution in [3.8, 4) is 0 Å². The van der Waals surface area contributed by atoms with Crippen LogP contribution in [0.25, 0.3) is 0 Å². The lowest BCUT2D eigenvalue weighted by Crippen LogP contribution is -2.11. The van der Waals surface area contributed by atoms with Gasteiger partial charge in [0.05, 0.1) is 6.10 Å². The minimum Gasteiger partial charge on any atom is -0.388 e. The van der Waals surface area contributed by atoms with Crippen molar-refractivity contribution in [2.24, 2.45) is 5.92 Å². The quantitative estimate of drug-likeness (QED) is 0.795. The first kappa shape index (κ1) is 12.3. The molecule has 0 saturated heterocycles.